The van der Waals surface area contributed by atoms with Crippen LogP contribution in [0, 0.1) is 18.8 Å². The number of pyridine rings is 2. The topological polar surface area (TPSA) is 123 Å². The lowest BCUT2D eigenvalue weighted by molar-refractivity contribution is -0.140. The van der Waals surface area contributed by atoms with Crippen LogP contribution in [0.4, 0.5) is 5.82 Å². The smallest absolute Gasteiger partial charge is 0.270 e. The van der Waals surface area contributed by atoms with Crippen molar-refractivity contribution in [1.29, 1.82) is 0 Å². The van der Waals surface area contributed by atoms with Gasteiger partial charge in [-0.25, -0.2) is 4.98 Å². The Morgan fingerprint density at radius 1 is 1.19 bits per heavy atom. The molecule has 0 radical (unpaired) electrons. The molecule has 0 bridgehead atoms. The summed E-state index contributed by atoms with van der Waals surface area (Å²) in [6.07, 6.45) is 1.46. The van der Waals surface area contributed by atoms with Gasteiger partial charge in [0.05, 0.1) is 13.2 Å². The summed E-state index contributed by atoms with van der Waals surface area (Å²) in [4.78, 5) is 35.9. The second-order valence-corrected chi connectivity index (χ2v) is 8.82. The number of anilines is 1. The van der Waals surface area contributed by atoms with Crippen molar-refractivity contribution < 1.29 is 28.9 Å². The number of benzene rings is 1. The Bertz CT molecular complexity index is 1410. The number of hydrogen-bond donors (Lipinski definition) is 2. The van der Waals surface area contributed by atoms with Crippen LogP contribution in [0.5, 0.6) is 17.2 Å². The van der Waals surface area contributed by atoms with Gasteiger partial charge in [-0.15, -0.1) is 0 Å². The summed E-state index contributed by atoms with van der Waals surface area (Å²) in [5, 5.41) is 12.8. The van der Waals surface area contributed by atoms with Gasteiger partial charge in [0.1, 0.15) is 35.5 Å². The molecule has 4 heterocycles. The fourth-order valence-corrected chi connectivity index (χ4v) is 3.67. The zero-order chi connectivity index (χ0) is 26.0. The Morgan fingerprint density at radius 2 is 1.97 bits per heavy atom. The number of rotatable bonds is 4. The van der Waals surface area contributed by atoms with E-state index >= 15 is 0 Å². The van der Waals surface area contributed by atoms with Crippen LogP contribution in [0.15, 0.2) is 54.7 Å². The highest BCUT2D eigenvalue weighted by Gasteiger charge is 2.34. The molecule has 2 aliphatic rings. The molecule has 1 atom stereocenters. The van der Waals surface area contributed by atoms with Crippen LogP contribution in [0.2, 0.25) is 0 Å². The van der Waals surface area contributed by atoms with E-state index in [-0.39, 0.29) is 31.3 Å². The highest BCUT2D eigenvalue weighted by atomic mass is 16.5. The summed E-state index contributed by atoms with van der Waals surface area (Å²) in [7, 11) is 1.54. The molecule has 37 heavy (non-hydrogen) atoms. The first-order valence-electron chi connectivity index (χ1n) is 11.6. The van der Waals surface area contributed by atoms with Crippen LogP contribution in [-0.2, 0) is 9.53 Å². The average molecular weight is 501 g/mol. The molecule has 2 aliphatic heterocycles. The number of nitrogens with one attached hydrogen (secondary N) is 1. The predicted molar refractivity (Wildman–Crippen MR) is 133 cm³/mol. The molecule has 10 nitrogen and oxygen atoms in total. The molecule has 1 fully saturated rings. The van der Waals surface area contributed by atoms with Gasteiger partial charge in [0.15, 0.2) is 17.2 Å². The largest absolute Gasteiger partial charge is 0.487 e. The molecule has 0 aliphatic carbocycles. The lowest BCUT2D eigenvalue weighted by atomic mass is 10.0. The molecule has 3 aromatic rings. The molecule has 1 aromatic carbocycles. The molecule has 5 rings (SSSR count). The number of aromatic nitrogens is 2. The van der Waals surface area contributed by atoms with Gasteiger partial charge in [-0.3, -0.25) is 19.5 Å². The van der Waals surface area contributed by atoms with Crippen molar-refractivity contribution in [2.24, 2.45) is 0 Å². The van der Waals surface area contributed by atoms with Crippen LogP contribution < -0.4 is 19.7 Å². The summed E-state index contributed by atoms with van der Waals surface area (Å²) in [6.45, 7) is 2.17. The second kappa shape index (κ2) is 9.89. The highest BCUT2D eigenvalue weighted by molar-refractivity contribution is 6.02. The quantitative estimate of drug-likeness (QED) is 0.521. The maximum absolute atomic E-state index is 13.1. The molecular weight excluding hydrogens is 476 g/mol. The molecule has 2 amide bonds. The van der Waals surface area contributed by atoms with E-state index in [2.05, 4.69) is 27.1 Å². The molecular formula is C27H24N4O6. The Morgan fingerprint density at radius 3 is 2.70 bits per heavy atom. The third-order valence-corrected chi connectivity index (χ3v) is 5.82. The number of fused-ring (bicyclic) bond motifs is 1. The highest BCUT2D eigenvalue weighted by Crippen LogP contribution is 2.29. The fraction of sp³-hybridized carbons (Fsp3) is 0.259. The van der Waals surface area contributed by atoms with Crippen LogP contribution in [0.25, 0.3) is 0 Å². The van der Waals surface area contributed by atoms with E-state index in [9.17, 15) is 14.7 Å². The van der Waals surface area contributed by atoms with Crippen molar-refractivity contribution in [2.75, 3.05) is 31.8 Å². The van der Waals surface area contributed by atoms with Crippen LogP contribution >= 0.6 is 0 Å². The first-order chi connectivity index (χ1) is 17.8. The van der Waals surface area contributed by atoms with Gasteiger partial charge < -0.3 is 24.6 Å². The van der Waals surface area contributed by atoms with E-state index in [4.69, 9.17) is 14.2 Å². The van der Waals surface area contributed by atoms with Gasteiger partial charge in [-0.2, -0.15) is 0 Å². The summed E-state index contributed by atoms with van der Waals surface area (Å²) in [6, 6.07) is 13.0. The predicted octanol–water partition coefficient (Wildman–Crippen LogP) is 1.84. The van der Waals surface area contributed by atoms with E-state index in [0.29, 0.717) is 22.9 Å². The number of amides is 2. The summed E-state index contributed by atoms with van der Waals surface area (Å²) >= 11 is 0. The fourth-order valence-electron chi connectivity index (χ4n) is 3.67. The van der Waals surface area contributed by atoms with Crippen LogP contribution in [-0.4, -0.2) is 65.4 Å². The Kier molecular flexibility index (Phi) is 6.48. The molecule has 188 valence electrons. The monoisotopic (exact) mass is 500 g/mol. The Hall–Kier alpha value is -4.46. The summed E-state index contributed by atoms with van der Waals surface area (Å²) in [5.74, 6) is 6.28. The van der Waals surface area contributed by atoms with Gasteiger partial charge >= 0.3 is 0 Å². The van der Waals surface area contributed by atoms with E-state index < -0.39 is 23.5 Å². The molecule has 0 unspecified atom stereocenters. The van der Waals surface area contributed by atoms with Crippen molar-refractivity contribution in [1.82, 2.24) is 15.3 Å². The molecule has 2 N–H and O–H groups in total. The minimum absolute atomic E-state index is 0.0920. The van der Waals surface area contributed by atoms with Crippen molar-refractivity contribution >= 4 is 17.6 Å². The van der Waals surface area contributed by atoms with Crippen LogP contribution in [0.1, 0.15) is 21.7 Å². The lowest BCUT2D eigenvalue weighted by Crippen LogP contribution is -2.49. The number of aryl methyl sites for hydroxylation is 1. The second-order valence-electron chi connectivity index (χ2n) is 8.82. The average Bonchev–Trinajstić information content (AvgIpc) is 3.00. The van der Waals surface area contributed by atoms with Crippen LogP contribution in [0.3, 0.4) is 0 Å². The van der Waals surface area contributed by atoms with Gasteiger partial charge in [0.2, 0.25) is 0 Å². The number of carbonyl (C=O) groups excluding carboxylic acids is 2. The van der Waals surface area contributed by atoms with Crippen molar-refractivity contribution in [3.05, 3.63) is 71.7 Å². The molecule has 10 heteroatoms. The molecule has 0 saturated carbocycles. The summed E-state index contributed by atoms with van der Waals surface area (Å²) in [5.41, 5.74) is 0.375. The number of hydrogen-bond acceptors (Lipinski definition) is 8. The van der Waals surface area contributed by atoms with E-state index in [1.807, 2.05) is 31.2 Å². The zero-order valence-corrected chi connectivity index (χ0v) is 20.2. The number of aliphatic hydroxyl groups is 1. The summed E-state index contributed by atoms with van der Waals surface area (Å²) < 4.78 is 16.6. The number of likely N-dealkylation sites (N-methyl/N-ethyl adjacent to an activating group) is 1. The van der Waals surface area contributed by atoms with E-state index in [0.717, 1.165) is 5.56 Å². The van der Waals surface area contributed by atoms with Gasteiger partial charge in [0.25, 0.3) is 11.8 Å². The molecule has 2 aromatic heterocycles. The zero-order valence-electron chi connectivity index (χ0n) is 20.2. The number of nitrogens with zero attached hydrogens (tertiary/aromatic N) is 3. The maximum atomic E-state index is 13.1. The Balaban J connectivity index is 1.28. The minimum Gasteiger partial charge on any atom is -0.487 e. The van der Waals surface area contributed by atoms with Gasteiger partial charge in [0, 0.05) is 19.3 Å². The van der Waals surface area contributed by atoms with Gasteiger partial charge in [-0.05, 0) is 43.2 Å². The van der Waals surface area contributed by atoms with Crippen molar-refractivity contribution in [3.63, 3.8) is 0 Å². The SMILES string of the molecule is Cc1ccc(Oc2ccnc(C(=O)N[C@H]3COc4ccc(C#CC5(O)COC5)nc4N(C)C3=O)c2)cc1. The Labute approximate surface area is 213 Å². The van der Waals surface area contributed by atoms with Gasteiger partial charge in [-0.1, -0.05) is 23.6 Å². The van der Waals surface area contributed by atoms with E-state index in [1.165, 1.54) is 17.2 Å². The lowest BCUT2D eigenvalue weighted by Gasteiger charge is -2.30. The first kappa shape index (κ1) is 24.2. The number of carbonyl (C=O) groups is 2. The molecule has 0 spiro atoms. The third-order valence-electron chi connectivity index (χ3n) is 5.82. The van der Waals surface area contributed by atoms with E-state index in [1.54, 1.807) is 25.2 Å². The van der Waals surface area contributed by atoms with Crippen molar-refractivity contribution in [3.8, 4) is 29.1 Å². The van der Waals surface area contributed by atoms with Crippen molar-refractivity contribution in [2.45, 2.75) is 18.6 Å². The molecule has 1 saturated heterocycles. The minimum atomic E-state index is -1.18. The number of ether oxygens (including phenoxy) is 3. The standard InChI is InChI=1S/C27H24N4O6/c1-17-3-6-19(7-4-17)37-20-10-12-28-21(13-20)25(32)30-22-14-36-23-8-5-18(9-11-27(34)15-35-16-27)29-24(23)31(2)26(22)33/h3-8,10,12-13,22,34H,14-16H2,1-2H3,(H,30,32)/t22-/m0/s1. The third kappa shape index (κ3) is 5.38. The first-order valence-corrected chi connectivity index (χ1v) is 11.6. The normalized spacial score (nSPS) is 17.8. The maximum Gasteiger partial charge on any atom is 0.270 e.